The molecule has 26 heavy (non-hydrogen) atoms. The van der Waals surface area contributed by atoms with E-state index in [1.807, 2.05) is 24.0 Å². The van der Waals surface area contributed by atoms with Crippen LogP contribution in [0.3, 0.4) is 0 Å². The van der Waals surface area contributed by atoms with Crippen molar-refractivity contribution in [1.29, 1.82) is 0 Å². The Labute approximate surface area is 155 Å². The average molecular weight is 362 g/mol. The van der Waals surface area contributed by atoms with Crippen molar-refractivity contribution in [3.8, 4) is 0 Å². The lowest BCUT2D eigenvalue weighted by atomic mass is 10.0. The summed E-state index contributed by atoms with van der Waals surface area (Å²) in [5, 5.41) is 3.25. The fourth-order valence-electron chi connectivity index (χ4n) is 3.71. The van der Waals surface area contributed by atoms with Gasteiger partial charge in [-0.05, 0) is 31.9 Å². The Hall–Kier alpha value is -1.70. The van der Waals surface area contributed by atoms with E-state index in [1.54, 1.807) is 13.3 Å². The summed E-state index contributed by atoms with van der Waals surface area (Å²) in [6.45, 7) is 7.94. The molecule has 144 valence electrons. The first-order valence-electron chi connectivity index (χ1n) is 9.50. The topological polar surface area (TPSA) is 66.9 Å². The Kier molecular flexibility index (Phi) is 6.82. The Morgan fingerprint density at radius 3 is 2.65 bits per heavy atom. The first-order valence-corrected chi connectivity index (χ1v) is 9.50. The highest BCUT2D eigenvalue weighted by Gasteiger charge is 2.28. The summed E-state index contributed by atoms with van der Waals surface area (Å²) in [4.78, 5) is 21.6. The number of hydrogen-bond donors (Lipinski definition) is 1. The number of ether oxygens (including phenoxy) is 2. The van der Waals surface area contributed by atoms with Crippen molar-refractivity contribution in [2.24, 2.45) is 0 Å². The monoisotopic (exact) mass is 362 g/mol. The number of nitrogens with zero attached hydrogens (tertiary/aromatic N) is 3. The van der Waals surface area contributed by atoms with Gasteiger partial charge in [-0.2, -0.15) is 0 Å². The Morgan fingerprint density at radius 2 is 2.04 bits per heavy atom. The Morgan fingerprint density at radius 1 is 1.31 bits per heavy atom. The summed E-state index contributed by atoms with van der Waals surface area (Å²) < 4.78 is 10.5. The zero-order valence-corrected chi connectivity index (χ0v) is 15.8. The number of pyridine rings is 1. The van der Waals surface area contributed by atoms with E-state index < -0.39 is 0 Å². The van der Waals surface area contributed by atoms with E-state index in [0.717, 1.165) is 58.1 Å². The van der Waals surface area contributed by atoms with Gasteiger partial charge < -0.3 is 19.7 Å². The summed E-state index contributed by atoms with van der Waals surface area (Å²) >= 11 is 0. The Balaban J connectivity index is 1.50. The van der Waals surface area contributed by atoms with Crippen LogP contribution in [0.25, 0.3) is 0 Å². The average Bonchev–Trinajstić information content (AvgIpc) is 2.69. The van der Waals surface area contributed by atoms with Gasteiger partial charge in [0.05, 0.1) is 25.4 Å². The van der Waals surface area contributed by atoms with Crippen LogP contribution in [0.15, 0.2) is 18.3 Å². The minimum absolute atomic E-state index is 0.0782. The maximum atomic E-state index is 12.7. The number of likely N-dealkylation sites (tertiary alicyclic amines) is 1. The zero-order valence-electron chi connectivity index (χ0n) is 15.8. The number of methoxy groups -OCH3 is 1. The van der Waals surface area contributed by atoms with E-state index in [2.05, 4.69) is 15.2 Å². The number of morpholine rings is 1. The molecule has 1 N–H and O–H groups in total. The third-order valence-electron chi connectivity index (χ3n) is 5.14. The van der Waals surface area contributed by atoms with Crippen molar-refractivity contribution in [3.05, 3.63) is 23.9 Å². The molecule has 7 nitrogen and oxygen atoms in total. The van der Waals surface area contributed by atoms with E-state index in [-0.39, 0.29) is 11.9 Å². The van der Waals surface area contributed by atoms with Crippen LogP contribution in [0.4, 0.5) is 5.82 Å². The molecule has 0 unspecified atom stereocenters. The molecule has 2 aliphatic heterocycles. The molecule has 1 aromatic rings. The van der Waals surface area contributed by atoms with Crippen molar-refractivity contribution in [1.82, 2.24) is 14.8 Å². The summed E-state index contributed by atoms with van der Waals surface area (Å²) in [7, 11) is 1.68. The maximum Gasteiger partial charge on any atom is 0.255 e. The van der Waals surface area contributed by atoms with E-state index in [1.165, 1.54) is 0 Å². The molecule has 1 aromatic heterocycles. The van der Waals surface area contributed by atoms with E-state index in [9.17, 15) is 4.79 Å². The van der Waals surface area contributed by atoms with Gasteiger partial charge in [0.15, 0.2) is 0 Å². The number of carbonyl (C=O) groups excluding carboxylic acids is 1. The van der Waals surface area contributed by atoms with Crippen LogP contribution in [0.1, 0.15) is 30.1 Å². The van der Waals surface area contributed by atoms with Gasteiger partial charge in [0, 0.05) is 51.6 Å². The van der Waals surface area contributed by atoms with Crippen LogP contribution in [-0.2, 0) is 9.47 Å². The lowest BCUT2D eigenvalue weighted by Crippen LogP contribution is -2.50. The normalized spacial score (nSPS) is 20.8. The van der Waals surface area contributed by atoms with Crippen molar-refractivity contribution in [2.45, 2.75) is 31.8 Å². The molecule has 0 spiro atoms. The fraction of sp³-hybridized carbons (Fsp3) is 0.684. The van der Waals surface area contributed by atoms with Gasteiger partial charge in [-0.3, -0.25) is 9.69 Å². The van der Waals surface area contributed by atoms with Crippen LogP contribution in [0, 0.1) is 0 Å². The highest BCUT2D eigenvalue weighted by Crippen LogP contribution is 2.19. The molecule has 1 amide bonds. The zero-order chi connectivity index (χ0) is 18.4. The van der Waals surface area contributed by atoms with Gasteiger partial charge >= 0.3 is 0 Å². The quantitative estimate of drug-likeness (QED) is 0.827. The van der Waals surface area contributed by atoms with E-state index in [0.29, 0.717) is 18.2 Å². The maximum absolute atomic E-state index is 12.7. The van der Waals surface area contributed by atoms with Crippen LogP contribution >= 0.6 is 0 Å². The number of rotatable bonds is 6. The smallest absolute Gasteiger partial charge is 0.255 e. The number of nitrogens with one attached hydrogen (secondary N) is 1. The first-order chi connectivity index (χ1) is 12.7. The second-order valence-corrected chi connectivity index (χ2v) is 7.10. The van der Waals surface area contributed by atoms with Gasteiger partial charge in [-0.15, -0.1) is 0 Å². The molecule has 7 heteroatoms. The fourth-order valence-corrected chi connectivity index (χ4v) is 3.71. The predicted molar refractivity (Wildman–Crippen MR) is 101 cm³/mol. The van der Waals surface area contributed by atoms with Crippen LogP contribution in [0.2, 0.25) is 0 Å². The first kappa shape index (κ1) is 19.1. The number of amides is 1. The molecule has 3 rings (SSSR count). The SMILES string of the molecule is COC[C@H](C)Nc1ccc(C(=O)N2CCC(N3CCOCC3)CC2)cn1. The second kappa shape index (κ2) is 9.30. The van der Waals surface area contributed by atoms with Crippen LogP contribution < -0.4 is 5.32 Å². The molecular formula is C19H30N4O3. The second-order valence-electron chi connectivity index (χ2n) is 7.10. The summed E-state index contributed by atoms with van der Waals surface area (Å²) in [6, 6.07) is 4.47. The number of anilines is 1. The molecule has 0 radical (unpaired) electrons. The minimum Gasteiger partial charge on any atom is -0.383 e. The van der Waals surface area contributed by atoms with Crippen molar-refractivity contribution in [2.75, 3.05) is 58.4 Å². The van der Waals surface area contributed by atoms with Crippen molar-refractivity contribution in [3.63, 3.8) is 0 Å². The largest absolute Gasteiger partial charge is 0.383 e. The Bertz CT molecular complexity index is 567. The number of aromatic nitrogens is 1. The highest BCUT2D eigenvalue weighted by molar-refractivity contribution is 5.94. The molecule has 0 aliphatic carbocycles. The lowest BCUT2D eigenvalue weighted by molar-refractivity contribution is 0.00158. The van der Waals surface area contributed by atoms with Gasteiger partial charge in [0.1, 0.15) is 5.82 Å². The number of piperidine rings is 1. The molecule has 2 aliphatic rings. The molecule has 3 heterocycles. The summed E-state index contributed by atoms with van der Waals surface area (Å²) in [6.07, 6.45) is 3.74. The third kappa shape index (κ3) is 4.93. The summed E-state index contributed by atoms with van der Waals surface area (Å²) in [5.41, 5.74) is 0.653. The van der Waals surface area contributed by atoms with Gasteiger partial charge in [0.25, 0.3) is 5.91 Å². The van der Waals surface area contributed by atoms with Gasteiger partial charge in [0.2, 0.25) is 0 Å². The van der Waals surface area contributed by atoms with Gasteiger partial charge in [-0.1, -0.05) is 0 Å². The predicted octanol–water partition coefficient (Wildman–Crippen LogP) is 1.47. The standard InChI is InChI=1S/C19H30N4O3/c1-15(14-25-2)21-18-4-3-16(13-20-18)19(24)23-7-5-17(6-8-23)22-9-11-26-12-10-22/h3-4,13,15,17H,5-12,14H2,1-2H3,(H,20,21)/t15-/m0/s1. The highest BCUT2D eigenvalue weighted by atomic mass is 16.5. The molecule has 0 saturated carbocycles. The van der Waals surface area contributed by atoms with Crippen LogP contribution in [0.5, 0.6) is 0 Å². The minimum atomic E-state index is 0.0782. The lowest BCUT2D eigenvalue weighted by Gasteiger charge is -2.40. The van der Waals surface area contributed by atoms with E-state index >= 15 is 0 Å². The van der Waals surface area contributed by atoms with Gasteiger partial charge in [-0.25, -0.2) is 4.98 Å². The molecule has 0 aromatic carbocycles. The molecule has 2 saturated heterocycles. The molecule has 2 fully saturated rings. The van der Waals surface area contributed by atoms with E-state index in [4.69, 9.17) is 9.47 Å². The van der Waals surface area contributed by atoms with Crippen LogP contribution in [-0.4, -0.2) is 85.9 Å². The van der Waals surface area contributed by atoms with Crippen molar-refractivity contribution >= 4 is 11.7 Å². The number of carbonyl (C=O) groups is 1. The van der Waals surface area contributed by atoms with Crippen molar-refractivity contribution < 1.29 is 14.3 Å². The summed E-state index contributed by atoms with van der Waals surface area (Å²) in [5.74, 6) is 0.839. The molecule has 1 atom stereocenters. The third-order valence-corrected chi connectivity index (χ3v) is 5.14. The number of hydrogen-bond acceptors (Lipinski definition) is 6. The molecule has 0 bridgehead atoms. The molecular weight excluding hydrogens is 332 g/mol.